The van der Waals surface area contributed by atoms with Gasteiger partial charge in [0, 0.05) is 0 Å². The van der Waals surface area contributed by atoms with Gasteiger partial charge in [-0.2, -0.15) is 0 Å². The Balaban J connectivity index is 2.50. The lowest BCUT2D eigenvalue weighted by Crippen LogP contribution is -2.49. The summed E-state index contributed by atoms with van der Waals surface area (Å²) in [7, 11) is 0. The largest absolute Gasteiger partial charge is 0.452 e. The van der Waals surface area contributed by atoms with E-state index in [0.29, 0.717) is 6.42 Å². The second kappa shape index (κ2) is 7.45. The molecule has 0 aromatic carbocycles. The molecule has 0 radical (unpaired) electrons. The van der Waals surface area contributed by atoms with Crippen LogP contribution in [-0.4, -0.2) is 34.2 Å². The lowest BCUT2D eigenvalue weighted by molar-refractivity contribution is -0.362. The Kier molecular flexibility index (Phi) is 6.24. The predicted octanol–water partition coefficient (Wildman–Crippen LogP) is 1.23. The summed E-state index contributed by atoms with van der Waals surface area (Å²) in [5, 5.41) is 19.3. The highest BCUT2D eigenvalue weighted by molar-refractivity contribution is 5.78. The Morgan fingerprint density at radius 1 is 1.11 bits per heavy atom. The van der Waals surface area contributed by atoms with Gasteiger partial charge in [0.15, 0.2) is 6.10 Å². The molecule has 0 aromatic rings. The van der Waals surface area contributed by atoms with E-state index in [0.717, 1.165) is 25.7 Å². The maximum atomic E-state index is 11.4. The van der Waals surface area contributed by atoms with E-state index >= 15 is 0 Å². The first kappa shape index (κ1) is 15.9. The van der Waals surface area contributed by atoms with Crippen molar-refractivity contribution in [3.8, 4) is 0 Å². The van der Waals surface area contributed by atoms with Gasteiger partial charge in [0.2, 0.25) is 0 Å². The first-order valence-electron chi connectivity index (χ1n) is 6.81. The van der Waals surface area contributed by atoms with Crippen molar-refractivity contribution < 1.29 is 29.3 Å². The van der Waals surface area contributed by atoms with Gasteiger partial charge in [0.25, 0.3) is 0 Å². The van der Waals surface area contributed by atoms with Gasteiger partial charge in [-0.1, -0.05) is 32.6 Å². The van der Waals surface area contributed by atoms with E-state index in [2.05, 4.69) is 11.7 Å². The molecule has 0 saturated carbocycles. The summed E-state index contributed by atoms with van der Waals surface area (Å²) in [6.45, 7) is 2.10. The Morgan fingerprint density at radius 3 is 2.42 bits per heavy atom. The number of ether oxygens (including phenoxy) is 2. The van der Waals surface area contributed by atoms with Gasteiger partial charge in [-0.15, -0.1) is 0 Å². The number of hydrogen-bond acceptors (Lipinski definition) is 6. The first-order valence-corrected chi connectivity index (χ1v) is 6.81. The van der Waals surface area contributed by atoms with Crippen molar-refractivity contribution in [3.05, 3.63) is 0 Å². The quantitative estimate of drug-likeness (QED) is 0.430. The summed E-state index contributed by atoms with van der Waals surface area (Å²) in [5.41, 5.74) is 0. The minimum absolute atomic E-state index is 0.0960. The standard InChI is InChI=1S/C13H22O6/c1-2-3-4-5-6-7-10-13(16,17)19-12(15)9-8-11(14)18-10/h10,16-17H,2-9H2,1H3. The minimum Gasteiger partial charge on any atom is -0.452 e. The van der Waals surface area contributed by atoms with E-state index in [9.17, 15) is 19.8 Å². The molecule has 110 valence electrons. The van der Waals surface area contributed by atoms with Crippen molar-refractivity contribution in [2.75, 3.05) is 0 Å². The Morgan fingerprint density at radius 2 is 1.74 bits per heavy atom. The maximum Gasteiger partial charge on any atom is 0.363 e. The number of rotatable bonds is 6. The molecule has 1 fully saturated rings. The molecule has 1 heterocycles. The van der Waals surface area contributed by atoms with Crippen LogP contribution in [-0.2, 0) is 19.1 Å². The molecule has 6 heteroatoms. The molecule has 0 bridgehead atoms. The van der Waals surface area contributed by atoms with Crippen LogP contribution in [0.5, 0.6) is 0 Å². The van der Waals surface area contributed by atoms with Crippen LogP contribution in [0, 0.1) is 0 Å². The predicted molar refractivity (Wildman–Crippen MR) is 65.8 cm³/mol. The van der Waals surface area contributed by atoms with Crippen molar-refractivity contribution in [2.24, 2.45) is 0 Å². The number of unbranched alkanes of at least 4 members (excludes halogenated alkanes) is 4. The van der Waals surface area contributed by atoms with Crippen molar-refractivity contribution in [2.45, 2.75) is 70.4 Å². The topological polar surface area (TPSA) is 93.1 Å². The van der Waals surface area contributed by atoms with Gasteiger partial charge in [0.05, 0.1) is 12.8 Å². The molecular weight excluding hydrogens is 252 g/mol. The van der Waals surface area contributed by atoms with Crippen LogP contribution in [0.3, 0.4) is 0 Å². The highest BCUT2D eigenvalue weighted by atomic mass is 16.8. The monoisotopic (exact) mass is 274 g/mol. The fourth-order valence-electron chi connectivity index (χ4n) is 1.96. The van der Waals surface area contributed by atoms with Gasteiger partial charge in [-0.3, -0.25) is 9.59 Å². The van der Waals surface area contributed by atoms with E-state index in [1.807, 2.05) is 0 Å². The summed E-state index contributed by atoms with van der Waals surface area (Å²) in [4.78, 5) is 22.6. The van der Waals surface area contributed by atoms with Gasteiger partial charge in [-0.05, 0) is 12.8 Å². The summed E-state index contributed by atoms with van der Waals surface area (Å²) in [6.07, 6.45) is 3.60. The minimum atomic E-state index is -2.72. The Hall–Kier alpha value is -1.14. The molecule has 2 N–H and O–H groups in total. The van der Waals surface area contributed by atoms with Crippen LogP contribution < -0.4 is 0 Å². The van der Waals surface area contributed by atoms with E-state index < -0.39 is 24.0 Å². The average molecular weight is 274 g/mol. The smallest absolute Gasteiger partial charge is 0.363 e. The van der Waals surface area contributed by atoms with Gasteiger partial charge >= 0.3 is 17.9 Å². The van der Waals surface area contributed by atoms with Crippen LogP contribution in [0.4, 0.5) is 0 Å². The molecule has 1 saturated heterocycles. The number of hydrogen-bond donors (Lipinski definition) is 2. The molecular formula is C13H22O6. The van der Waals surface area contributed by atoms with Gasteiger partial charge < -0.3 is 19.7 Å². The third-order valence-electron chi connectivity index (χ3n) is 3.06. The number of cyclic esters (lactones) is 2. The zero-order valence-corrected chi connectivity index (χ0v) is 11.3. The van der Waals surface area contributed by atoms with Crippen molar-refractivity contribution in [1.29, 1.82) is 0 Å². The van der Waals surface area contributed by atoms with E-state index in [4.69, 9.17) is 4.74 Å². The third kappa shape index (κ3) is 5.57. The van der Waals surface area contributed by atoms with Gasteiger partial charge in [0.1, 0.15) is 0 Å². The maximum absolute atomic E-state index is 11.4. The summed E-state index contributed by atoms with van der Waals surface area (Å²) >= 11 is 0. The number of esters is 2. The molecule has 1 unspecified atom stereocenters. The third-order valence-corrected chi connectivity index (χ3v) is 3.06. The van der Waals surface area contributed by atoms with Crippen molar-refractivity contribution in [1.82, 2.24) is 0 Å². The summed E-state index contributed by atoms with van der Waals surface area (Å²) in [5.74, 6) is -4.14. The Bertz CT molecular complexity index is 312. The zero-order chi connectivity index (χ0) is 14.3. The van der Waals surface area contributed by atoms with Gasteiger partial charge in [-0.25, -0.2) is 0 Å². The van der Waals surface area contributed by atoms with E-state index in [1.165, 1.54) is 0 Å². The summed E-state index contributed by atoms with van der Waals surface area (Å²) in [6, 6.07) is 0. The van der Waals surface area contributed by atoms with Crippen molar-refractivity contribution in [3.63, 3.8) is 0 Å². The molecule has 19 heavy (non-hydrogen) atoms. The fraction of sp³-hybridized carbons (Fsp3) is 0.846. The molecule has 1 atom stereocenters. The molecule has 0 aliphatic carbocycles. The van der Waals surface area contributed by atoms with Crippen LogP contribution in [0.2, 0.25) is 0 Å². The zero-order valence-electron chi connectivity index (χ0n) is 11.3. The fourth-order valence-corrected chi connectivity index (χ4v) is 1.96. The first-order chi connectivity index (χ1) is 8.95. The molecule has 1 aliphatic rings. The number of aliphatic hydroxyl groups is 2. The van der Waals surface area contributed by atoms with Crippen molar-refractivity contribution >= 4 is 11.9 Å². The van der Waals surface area contributed by atoms with Crippen LogP contribution in [0.15, 0.2) is 0 Å². The molecule has 0 aromatic heterocycles. The molecule has 1 aliphatic heterocycles. The number of carbonyl (C=O) groups excluding carboxylic acids is 2. The van der Waals surface area contributed by atoms with Crippen LogP contribution >= 0.6 is 0 Å². The second-order valence-corrected chi connectivity index (χ2v) is 4.81. The average Bonchev–Trinajstić information content (AvgIpc) is 2.33. The molecule has 0 amide bonds. The van der Waals surface area contributed by atoms with E-state index in [1.54, 1.807) is 0 Å². The molecule has 6 nitrogen and oxygen atoms in total. The highest BCUT2D eigenvalue weighted by Gasteiger charge is 2.43. The SMILES string of the molecule is CCCCCCCC1OC(=O)CCC(=O)OC1(O)O. The lowest BCUT2D eigenvalue weighted by atomic mass is 10.1. The number of carbonyl (C=O) groups is 2. The molecule has 1 rings (SSSR count). The summed E-state index contributed by atoms with van der Waals surface area (Å²) < 4.78 is 9.46. The highest BCUT2D eigenvalue weighted by Crippen LogP contribution is 2.23. The normalized spacial score (nSPS) is 23.2. The van der Waals surface area contributed by atoms with Crippen LogP contribution in [0.1, 0.15) is 58.3 Å². The second-order valence-electron chi connectivity index (χ2n) is 4.81. The Labute approximate surface area is 112 Å². The lowest BCUT2D eigenvalue weighted by Gasteiger charge is -2.31. The molecule has 0 spiro atoms. The van der Waals surface area contributed by atoms with Crippen LogP contribution in [0.25, 0.3) is 0 Å². The van der Waals surface area contributed by atoms with E-state index in [-0.39, 0.29) is 19.3 Å².